The quantitative estimate of drug-likeness (QED) is 0.622. The zero-order valence-electron chi connectivity index (χ0n) is 12.9. The van der Waals surface area contributed by atoms with E-state index in [1.807, 2.05) is 0 Å². The Morgan fingerprint density at radius 3 is 1.17 bits per heavy atom. The molecule has 24 heavy (non-hydrogen) atoms. The minimum Gasteiger partial charge on any atom is -0.478 e. The maximum absolute atomic E-state index is 11.7. The highest BCUT2D eigenvalue weighted by atomic mass is 16.4. The van der Waals surface area contributed by atoms with Crippen molar-refractivity contribution in [2.75, 3.05) is 0 Å². The Hall–Kier alpha value is -3.40. The van der Waals surface area contributed by atoms with Gasteiger partial charge in [0, 0.05) is 0 Å². The molecule has 0 saturated heterocycles. The zero-order valence-corrected chi connectivity index (χ0v) is 12.9. The first-order chi connectivity index (χ1) is 11.5. The van der Waals surface area contributed by atoms with Crippen LogP contribution in [0.25, 0.3) is 23.3 Å². The molecule has 0 aliphatic carbocycles. The van der Waals surface area contributed by atoms with Crippen molar-refractivity contribution in [1.29, 1.82) is 0 Å². The first-order valence-electron chi connectivity index (χ1n) is 7.14. The second-order valence-electron chi connectivity index (χ2n) is 5.01. The lowest BCUT2D eigenvalue weighted by Gasteiger charge is -2.10. The molecule has 120 valence electrons. The van der Waals surface area contributed by atoms with Crippen molar-refractivity contribution in [1.82, 2.24) is 0 Å². The largest absolute Gasteiger partial charge is 0.478 e. The van der Waals surface area contributed by atoms with Gasteiger partial charge in [-0.2, -0.15) is 0 Å². The maximum Gasteiger partial charge on any atom is 0.337 e. The van der Waals surface area contributed by atoms with Gasteiger partial charge in [-0.25, -0.2) is 9.59 Å². The monoisotopic (exact) mass is 320 g/mol. The molecule has 0 aromatic heterocycles. The van der Waals surface area contributed by atoms with Crippen molar-refractivity contribution in [2.24, 2.45) is 0 Å². The summed E-state index contributed by atoms with van der Waals surface area (Å²) >= 11 is 0. The number of benzene rings is 2. The molecule has 2 aromatic carbocycles. The molecular formula is C20H16O4. The summed E-state index contributed by atoms with van der Waals surface area (Å²) in [6.07, 6.45) is 3.25. The number of rotatable bonds is 6. The van der Waals surface area contributed by atoms with Gasteiger partial charge in [0.25, 0.3) is 0 Å². The van der Waals surface area contributed by atoms with Crippen molar-refractivity contribution in [3.8, 4) is 0 Å². The van der Waals surface area contributed by atoms with Gasteiger partial charge in [-0.1, -0.05) is 73.8 Å². The van der Waals surface area contributed by atoms with Crippen molar-refractivity contribution in [3.05, 3.63) is 83.9 Å². The van der Waals surface area contributed by atoms with Gasteiger partial charge in [-0.3, -0.25) is 0 Å². The highest BCUT2D eigenvalue weighted by Gasteiger charge is 2.23. The van der Waals surface area contributed by atoms with E-state index < -0.39 is 11.9 Å². The number of hydrogen-bond donors (Lipinski definition) is 2. The van der Waals surface area contributed by atoms with E-state index in [1.54, 1.807) is 60.7 Å². The summed E-state index contributed by atoms with van der Waals surface area (Å²) in [7, 11) is 0. The standard InChI is InChI=1S/C20H16O4/c1-3-13-5-9-15(10-6-13)17(19(21)22)18(20(23)24)16-11-7-14(4-2)8-12-16/h3-12H,1-2H2,(H,21,22)(H,23,24)/b18-17-. The van der Waals surface area contributed by atoms with Crippen LogP contribution in [0.2, 0.25) is 0 Å². The van der Waals surface area contributed by atoms with Crippen LogP contribution in [0, 0.1) is 0 Å². The van der Waals surface area contributed by atoms with E-state index >= 15 is 0 Å². The molecule has 0 radical (unpaired) electrons. The van der Waals surface area contributed by atoms with Crippen LogP contribution in [0.4, 0.5) is 0 Å². The molecule has 0 unspecified atom stereocenters. The molecule has 0 saturated carbocycles. The van der Waals surface area contributed by atoms with Crippen molar-refractivity contribution >= 4 is 35.2 Å². The summed E-state index contributed by atoms with van der Waals surface area (Å²) in [4.78, 5) is 23.5. The van der Waals surface area contributed by atoms with Crippen LogP contribution in [-0.2, 0) is 9.59 Å². The van der Waals surface area contributed by atoms with Gasteiger partial charge in [-0.05, 0) is 22.3 Å². The third-order valence-electron chi connectivity index (χ3n) is 3.55. The van der Waals surface area contributed by atoms with Crippen molar-refractivity contribution in [3.63, 3.8) is 0 Å². The Labute approximate surface area is 139 Å². The molecule has 0 heterocycles. The van der Waals surface area contributed by atoms with Gasteiger partial charge in [0.2, 0.25) is 0 Å². The van der Waals surface area contributed by atoms with Gasteiger partial charge >= 0.3 is 11.9 Å². The SMILES string of the molecule is C=Cc1ccc(/C(C(=O)O)=C(/C(=O)O)c2ccc(C=C)cc2)cc1. The van der Waals surface area contributed by atoms with E-state index in [4.69, 9.17) is 0 Å². The minimum atomic E-state index is -1.30. The van der Waals surface area contributed by atoms with Crippen LogP contribution in [0.1, 0.15) is 22.3 Å². The van der Waals surface area contributed by atoms with E-state index in [2.05, 4.69) is 13.2 Å². The Kier molecular flexibility index (Phi) is 5.12. The fourth-order valence-electron chi connectivity index (χ4n) is 2.32. The van der Waals surface area contributed by atoms with E-state index in [0.717, 1.165) is 11.1 Å². The van der Waals surface area contributed by atoms with Crippen LogP contribution in [-0.4, -0.2) is 22.2 Å². The van der Waals surface area contributed by atoms with Gasteiger partial charge in [0.05, 0.1) is 11.1 Å². The molecule has 0 aliphatic rings. The molecule has 0 bridgehead atoms. The third kappa shape index (κ3) is 3.50. The molecule has 4 nitrogen and oxygen atoms in total. The third-order valence-corrected chi connectivity index (χ3v) is 3.55. The molecule has 4 heteroatoms. The van der Waals surface area contributed by atoms with E-state index in [9.17, 15) is 19.8 Å². The van der Waals surface area contributed by atoms with Crippen LogP contribution in [0.5, 0.6) is 0 Å². The summed E-state index contributed by atoms with van der Waals surface area (Å²) < 4.78 is 0. The lowest BCUT2D eigenvalue weighted by molar-refractivity contribution is -0.132. The van der Waals surface area contributed by atoms with Gasteiger partial charge in [0.1, 0.15) is 0 Å². The fraction of sp³-hybridized carbons (Fsp3) is 0. The van der Waals surface area contributed by atoms with Gasteiger partial charge < -0.3 is 10.2 Å². The summed E-state index contributed by atoms with van der Waals surface area (Å²) in [5, 5.41) is 19.2. The molecular weight excluding hydrogens is 304 g/mol. The average molecular weight is 320 g/mol. The second kappa shape index (κ2) is 7.24. The van der Waals surface area contributed by atoms with Gasteiger partial charge in [-0.15, -0.1) is 0 Å². The number of carbonyl (C=O) groups is 2. The Morgan fingerprint density at radius 2 is 0.958 bits per heavy atom. The Morgan fingerprint density at radius 1 is 0.667 bits per heavy atom. The molecule has 0 fully saturated rings. The molecule has 0 atom stereocenters. The highest BCUT2D eigenvalue weighted by Crippen LogP contribution is 2.28. The zero-order chi connectivity index (χ0) is 17.7. The van der Waals surface area contributed by atoms with Crippen LogP contribution < -0.4 is 0 Å². The Bertz CT molecular complexity index is 753. The minimum absolute atomic E-state index is 0.260. The van der Waals surface area contributed by atoms with Crippen molar-refractivity contribution in [2.45, 2.75) is 0 Å². The van der Waals surface area contributed by atoms with Crippen molar-refractivity contribution < 1.29 is 19.8 Å². The molecule has 2 aromatic rings. The molecule has 0 aliphatic heterocycles. The second-order valence-corrected chi connectivity index (χ2v) is 5.01. The normalized spacial score (nSPS) is 11.3. The fourth-order valence-corrected chi connectivity index (χ4v) is 2.32. The van der Waals surface area contributed by atoms with E-state index in [0.29, 0.717) is 11.1 Å². The van der Waals surface area contributed by atoms with Crippen LogP contribution >= 0.6 is 0 Å². The summed E-state index contributed by atoms with van der Waals surface area (Å²) in [6.45, 7) is 7.27. The number of carboxylic acid groups (broad SMARTS) is 2. The lowest BCUT2D eigenvalue weighted by atomic mass is 9.93. The first-order valence-corrected chi connectivity index (χ1v) is 7.14. The maximum atomic E-state index is 11.7. The predicted octanol–water partition coefficient (Wildman–Crippen LogP) is 4.05. The number of carboxylic acids is 2. The summed E-state index contributed by atoms with van der Waals surface area (Å²) in [5.41, 5.74) is 1.75. The smallest absolute Gasteiger partial charge is 0.337 e. The Balaban J connectivity index is 2.70. The lowest BCUT2D eigenvalue weighted by Crippen LogP contribution is -2.10. The van der Waals surface area contributed by atoms with Crippen LogP contribution in [0.3, 0.4) is 0 Å². The molecule has 0 spiro atoms. The van der Waals surface area contributed by atoms with Crippen LogP contribution in [0.15, 0.2) is 61.7 Å². The van der Waals surface area contributed by atoms with Gasteiger partial charge in [0.15, 0.2) is 0 Å². The summed E-state index contributed by atoms with van der Waals surface area (Å²) in [5.74, 6) is -2.60. The molecule has 2 rings (SSSR count). The van der Waals surface area contributed by atoms with E-state index in [-0.39, 0.29) is 11.1 Å². The molecule has 0 amide bonds. The predicted molar refractivity (Wildman–Crippen MR) is 95.2 cm³/mol. The molecule has 2 N–H and O–H groups in total. The summed E-state index contributed by atoms with van der Waals surface area (Å²) in [6, 6.07) is 13.0. The van der Waals surface area contributed by atoms with E-state index in [1.165, 1.54) is 0 Å². The first kappa shape index (κ1) is 17.0. The highest BCUT2D eigenvalue weighted by molar-refractivity contribution is 6.36. The number of hydrogen-bond acceptors (Lipinski definition) is 2. The average Bonchev–Trinajstić information content (AvgIpc) is 2.59. The number of aliphatic carboxylic acids is 2. The topological polar surface area (TPSA) is 74.6 Å².